The van der Waals surface area contributed by atoms with Crippen LogP contribution < -0.4 is 9.47 Å². The zero-order valence-corrected chi connectivity index (χ0v) is 18.2. The van der Waals surface area contributed by atoms with Crippen LogP contribution in [0.1, 0.15) is 5.56 Å². The Hall–Kier alpha value is -2.17. The Balaban J connectivity index is 2.05. The molecule has 27 heavy (non-hydrogen) atoms. The highest BCUT2D eigenvalue weighted by atomic mass is 79.9. The van der Waals surface area contributed by atoms with Crippen molar-refractivity contribution in [2.45, 2.75) is 0 Å². The number of benzene rings is 2. The molecule has 140 valence electrons. The molecule has 0 atom stereocenters. The van der Waals surface area contributed by atoms with Crippen molar-refractivity contribution < 1.29 is 14.6 Å². The van der Waals surface area contributed by atoms with E-state index in [-0.39, 0.29) is 5.75 Å². The number of halogens is 2. The Morgan fingerprint density at radius 2 is 1.93 bits per heavy atom. The molecule has 2 N–H and O–H groups in total. The van der Waals surface area contributed by atoms with Gasteiger partial charge in [0.2, 0.25) is 4.77 Å². The fraction of sp³-hybridized carbons (Fsp3) is 0.118. The van der Waals surface area contributed by atoms with Crippen molar-refractivity contribution in [3.63, 3.8) is 0 Å². The molecule has 0 saturated carbocycles. The highest BCUT2D eigenvalue weighted by Gasteiger charge is 2.13. The predicted molar refractivity (Wildman–Crippen MR) is 112 cm³/mol. The first-order valence-corrected chi connectivity index (χ1v) is 9.56. The van der Waals surface area contributed by atoms with E-state index in [1.165, 1.54) is 10.9 Å². The summed E-state index contributed by atoms with van der Waals surface area (Å²) in [6.07, 6.45) is 1.50. The maximum Gasteiger partial charge on any atom is 0.216 e. The zero-order chi connectivity index (χ0) is 19.6. The lowest BCUT2D eigenvalue weighted by Gasteiger charge is -2.09. The van der Waals surface area contributed by atoms with Gasteiger partial charge in [-0.2, -0.15) is 14.9 Å². The second kappa shape index (κ2) is 8.24. The van der Waals surface area contributed by atoms with E-state index >= 15 is 0 Å². The lowest BCUT2D eigenvalue weighted by Crippen LogP contribution is -1.97. The minimum Gasteiger partial charge on any atom is -0.506 e. The minimum absolute atomic E-state index is 0.0737. The second-order valence-corrected chi connectivity index (χ2v) is 7.46. The predicted octanol–water partition coefficient (Wildman–Crippen LogP) is 4.74. The molecule has 1 heterocycles. The van der Waals surface area contributed by atoms with Crippen molar-refractivity contribution in [3.8, 4) is 28.6 Å². The summed E-state index contributed by atoms with van der Waals surface area (Å²) in [7, 11) is 3.13. The van der Waals surface area contributed by atoms with Gasteiger partial charge in [0.05, 0.1) is 24.9 Å². The highest BCUT2D eigenvalue weighted by molar-refractivity contribution is 9.11. The molecule has 0 unspecified atom stereocenters. The number of phenolic OH excluding ortho intramolecular Hbond substituents is 1. The van der Waals surface area contributed by atoms with E-state index in [2.05, 4.69) is 47.2 Å². The van der Waals surface area contributed by atoms with Gasteiger partial charge in [0.25, 0.3) is 0 Å². The van der Waals surface area contributed by atoms with Gasteiger partial charge in [-0.15, -0.1) is 0 Å². The van der Waals surface area contributed by atoms with Crippen molar-refractivity contribution in [1.29, 1.82) is 0 Å². The third-order valence-corrected chi connectivity index (χ3v) is 4.99. The van der Waals surface area contributed by atoms with E-state index in [9.17, 15) is 5.11 Å². The van der Waals surface area contributed by atoms with Gasteiger partial charge in [0.15, 0.2) is 17.3 Å². The summed E-state index contributed by atoms with van der Waals surface area (Å²) >= 11 is 12.0. The summed E-state index contributed by atoms with van der Waals surface area (Å²) < 4.78 is 13.7. The molecule has 0 aliphatic heterocycles. The van der Waals surface area contributed by atoms with Crippen LogP contribution in [-0.4, -0.2) is 40.4 Å². The van der Waals surface area contributed by atoms with E-state index in [1.54, 1.807) is 38.5 Å². The van der Waals surface area contributed by atoms with Gasteiger partial charge in [-0.05, 0) is 58.5 Å². The minimum atomic E-state index is 0.0737. The molecule has 2 aromatic carbocycles. The molecule has 0 amide bonds. The molecular formula is C17H14Br2N4O3S. The van der Waals surface area contributed by atoms with Gasteiger partial charge in [0, 0.05) is 15.6 Å². The Morgan fingerprint density at radius 1 is 1.19 bits per heavy atom. The standard InChI is InChI=1S/C17H14Br2N4O3S/c1-25-13-4-3-9(6-14(13)26-2)16-21-22-17(27)23(16)20-8-10-5-11(18)7-12(19)15(10)24/h3-8,24H,1-2H3,(H,22,27). The number of aromatic hydroxyl groups is 1. The highest BCUT2D eigenvalue weighted by Crippen LogP contribution is 2.32. The van der Waals surface area contributed by atoms with Gasteiger partial charge in [-0.3, -0.25) is 0 Å². The monoisotopic (exact) mass is 512 g/mol. The van der Waals surface area contributed by atoms with Crippen LogP contribution in [0.5, 0.6) is 17.2 Å². The van der Waals surface area contributed by atoms with Crippen LogP contribution in [0.4, 0.5) is 0 Å². The summed E-state index contributed by atoms with van der Waals surface area (Å²) in [4.78, 5) is 0. The number of hydrogen-bond acceptors (Lipinski definition) is 6. The smallest absolute Gasteiger partial charge is 0.216 e. The summed E-state index contributed by atoms with van der Waals surface area (Å²) in [5, 5.41) is 21.5. The number of aromatic nitrogens is 3. The second-order valence-electron chi connectivity index (χ2n) is 5.30. The van der Waals surface area contributed by atoms with Crippen molar-refractivity contribution >= 4 is 50.3 Å². The topological polar surface area (TPSA) is 84.7 Å². The Morgan fingerprint density at radius 3 is 2.63 bits per heavy atom. The van der Waals surface area contributed by atoms with Crippen LogP contribution in [0, 0.1) is 4.77 Å². The Kier molecular flexibility index (Phi) is 5.98. The molecule has 0 aliphatic rings. The molecule has 0 spiro atoms. The van der Waals surface area contributed by atoms with Gasteiger partial charge < -0.3 is 14.6 Å². The molecule has 0 fully saturated rings. The van der Waals surface area contributed by atoms with Gasteiger partial charge in [-0.1, -0.05) is 15.9 Å². The average molecular weight is 514 g/mol. The zero-order valence-electron chi connectivity index (χ0n) is 14.2. The van der Waals surface area contributed by atoms with Gasteiger partial charge in [0.1, 0.15) is 5.75 Å². The quantitative estimate of drug-likeness (QED) is 0.380. The first-order valence-electron chi connectivity index (χ1n) is 7.56. The number of nitrogens with one attached hydrogen (secondary N) is 1. The van der Waals surface area contributed by atoms with E-state index in [0.717, 1.165) is 10.0 Å². The van der Waals surface area contributed by atoms with E-state index in [0.29, 0.717) is 32.1 Å². The Labute approximate surface area is 176 Å². The fourth-order valence-corrected chi connectivity index (χ4v) is 3.80. The number of methoxy groups -OCH3 is 2. The maximum absolute atomic E-state index is 10.2. The van der Waals surface area contributed by atoms with E-state index in [1.807, 2.05) is 6.07 Å². The third kappa shape index (κ3) is 4.07. The number of rotatable bonds is 5. The molecule has 0 saturated heterocycles. The summed E-state index contributed by atoms with van der Waals surface area (Å²) in [5.41, 5.74) is 1.24. The summed E-state index contributed by atoms with van der Waals surface area (Å²) in [6.45, 7) is 0. The number of H-pyrrole nitrogens is 1. The molecular weight excluding hydrogens is 500 g/mol. The molecule has 7 nitrogen and oxygen atoms in total. The van der Waals surface area contributed by atoms with Gasteiger partial charge >= 0.3 is 0 Å². The van der Waals surface area contributed by atoms with Crippen LogP contribution in [-0.2, 0) is 0 Å². The molecule has 3 aromatic rings. The largest absolute Gasteiger partial charge is 0.506 e. The van der Waals surface area contributed by atoms with Gasteiger partial charge in [-0.25, -0.2) is 5.10 Å². The molecule has 0 radical (unpaired) electrons. The lowest BCUT2D eigenvalue weighted by molar-refractivity contribution is 0.355. The number of nitrogens with zero attached hydrogens (tertiary/aromatic N) is 3. The van der Waals surface area contributed by atoms with Crippen molar-refractivity contribution in [2.24, 2.45) is 5.10 Å². The Bertz CT molecular complexity index is 1080. The number of ether oxygens (including phenoxy) is 2. The summed E-state index contributed by atoms with van der Waals surface area (Å²) in [5.74, 6) is 1.73. The number of phenols is 1. The molecule has 10 heteroatoms. The maximum atomic E-state index is 10.2. The molecule has 0 aliphatic carbocycles. The molecule has 0 bridgehead atoms. The molecule has 3 rings (SSSR count). The van der Waals surface area contributed by atoms with Crippen LogP contribution >= 0.6 is 44.1 Å². The average Bonchev–Trinajstić information content (AvgIpc) is 3.03. The van der Waals surface area contributed by atoms with E-state index < -0.39 is 0 Å². The number of hydrogen-bond donors (Lipinski definition) is 2. The fourth-order valence-electron chi connectivity index (χ4n) is 2.37. The third-order valence-electron chi connectivity index (χ3n) is 3.66. The van der Waals surface area contributed by atoms with Crippen molar-refractivity contribution in [3.05, 3.63) is 49.6 Å². The first kappa shape index (κ1) is 19.6. The van der Waals surface area contributed by atoms with Crippen LogP contribution in [0.2, 0.25) is 0 Å². The SMILES string of the molecule is COc1ccc(-c2n[nH]c(=S)n2N=Cc2cc(Br)cc(Br)c2O)cc1OC. The van der Waals surface area contributed by atoms with Crippen LogP contribution in [0.15, 0.2) is 44.4 Å². The lowest BCUT2D eigenvalue weighted by atomic mass is 10.2. The van der Waals surface area contributed by atoms with Crippen LogP contribution in [0.25, 0.3) is 11.4 Å². The molecule has 1 aromatic heterocycles. The first-order chi connectivity index (χ1) is 12.9. The number of aromatic amines is 1. The normalized spacial score (nSPS) is 11.1. The van der Waals surface area contributed by atoms with Crippen molar-refractivity contribution in [2.75, 3.05) is 14.2 Å². The summed E-state index contributed by atoms with van der Waals surface area (Å²) in [6, 6.07) is 8.86. The van der Waals surface area contributed by atoms with Crippen molar-refractivity contribution in [1.82, 2.24) is 14.9 Å². The van der Waals surface area contributed by atoms with E-state index in [4.69, 9.17) is 21.7 Å². The van der Waals surface area contributed by atoms with Crippen LogP contribution in [0.3, 0.4) is 0 Å².